The number of nitrogens with zero attached hydrogens (tertiary/aromatic N) is 1. The van der Waals surface area contributed by atoms with Crippen molar-refractivity contribution in [1.82, 2.24) is 9.55 Å². The molecular formula is C12H16FN2O15P3. The lowest BCUT2D eigenvalue weighted by Crippen LogP contribution is -2.50. The van der Waals surface area contributed by atoms with Crippen LogP contribution in [0.5, 0.6) is 0 Å². The lowest BCUT2D eigenvalue weighted by molar-refractivity contribution is -0.204. The van der Waals surface area contributed by atoms with Crippen LogP contribution in [0, 0.1) is 0 Å². The van der Waals surface area contributed by atoms with Gasteiger partial charge in [-0.1, -0.05) is 6.58 Å². The predicted molar refractivity (Wildman–Crippen MR) is 99.8 cm³/mol. The molecule has 21 heteroatoms. The first-order valence-corrected chi connectivity index (χ1v) is 12.6. The largest absolute Gasteiger partial charge is 0.490 e. The van der Waals surface area contributed by atoms with E-state index < -0.39 is 65.1 Å². The van der Waals surface area contributed by atoms with Crippen molar-refractivity contribution >= 4 is 23.5 Å². The summed E-state index contributed by atoms with van der Waals surface area (Å²) in [5.41, 5.74) is -2.92. The van der Waals surface area contributed by atoms with Crippen molar-refractivity contribution in [2.24, 2.45) is 0 Å². The highest BCUT2D eigenvalue weighted by Crippen LogP contribution is 2.66. The molecule has 2 unspecified atom stereocenters. The number of hydrogen-bond donors (Lipinski definition) is 7. The number of H-pyrrole nitrogens is 1. The summed E-state index contributed by atoms with van der Waals surface area (Å²) in [6.45, 7) is 1.30. The van der Waals surface area contributed by atoms with E-state index >= 15 is 4.39 Å². The van der Waals surface area contributed by atoms with E-state index in [4.69, 9.17) is 19.4 Å². The van der Waals surface area contributed by atoms with E-state index in [9.17, 15) is 38.4 Å². The molecule has 0 aromatic carbocycles. The maximum Gasteiger partial charge on any atom is 0.490 e. The fourth-order valence-corrected chi connectivity index (χ4v) is 5.65. The summed E-state index contributed by atoms with van der Waals surface area (Å²) in [6.07, 6.45) is -3.50. The van der Waals surface area contributed by atoms with Gasteiger partial charge in [-0.05, 0) is 6.08 Å². The lowest BCUT2D eigenvalue weighted by Gasteiger charge is -2.28. The van der Waals surface area contributed by atoms with E-state index in [1.54, 1.807) is 4.98 Å². The number of aliphatic hydroxyl groups is 2. The topological polar surface area (TPSA) is 264 Å². The summed E-state index contributed by atoms with van der Waals surface area (Å²) in [6, 6.07) is 0.777. The van der Waals surface area contributed by atoms with Crippen molar-refractivity contribution in [1.29, 1.82) is 0 Å². The monoisotopic (exact) mass is 540 g/mol. The van der Waals surface area contributed by atoms with Gasteiger partial charge in [-0.2, -0.15) is 8.62 Å². The van der Waals surface area contributed by atoms with Gasteiger partial charge in [0, 0.05) is 12.3 Å². The second-order valence-corrected chi connectivity index (χ2v) is 10.7. The lowest BCUT2D eigenvalue weighted by atomic mass is 9.93. The first-order valence-electron chi connectivity index (χ1n) is 8.08. The van der Waals surface area contributed by atoms with Crippen LogP contribution in [0.1, 0.15) is 6.23 Å². The van der Waals surface area contributed by atoms with Gasteiger partial charge in [0.05, 0.1) is 0 Å². The first-order chi connectivity index (χ1) is 14.8. The molecule has 0 aliphatic carbocycles. The van der Waals surface area contributed by atoms with Gasteiger partial charge in [-0.25, -0.2) is 22.9 Å². The van der Waals surface area contributed by atoms with E-state index in [2.05, 4.69) is 19.7 Å². The number of phosphoric acid groups is 3. The van der Waals surface area contributed by atoms with Crippen LogP contribution in [-0.2, 0) is 31.6 Å². The second kappa shape index (κ2) is 9.23. The number of rotatable bonds is 9. The highest BCUT2D eigenvalue weighted by molar-refractivity contribution is 7.66. The Morgan fingerprint density at radius 1 is 1.24 bits per heavy atom. The SMILES string of the molecule is C=C=C[C@]1(O)[C@H](n2ccc(=O)[nH]c2=O)O[C@](F)(COP(=O)(O)OP(=O)(O)OP(=O)(O)O)[C@H]1O. The third kappa shape index (κ3) is 6.51. The number of nitrogens with one attached hydrogen (secondary N) is 1. The van der Waals surface area contributed by atoms with Crippen LogP contribution in [0.3, 0.4) is 0 Å². The minimum Gasteiger partial charge on any atom is -0.383 e. The molecule has 1 saturated heterocycles. The summed E-state index contributed by atoms with van der Waals surface area (Å²) >= 11 is 0. The van der Waals surface area contributed by atoms with Crippen LogP contribution in [0.2, 0.25) is 0 Å². The molecule has 0 amide bonds. The molecule has 17 nitrogen and oxygen atoms in total. The van der Waals surface area contributed by atoms with Gasteiger partial charge in [0.15, 0.2) is 17.9 Å². The third-order valence-electron chi connectivity index (χ3n) is 3.83. The molecule has 2 rings (SSSR count). The Kier molecular flexibility index (Phi) is 7.73. The number of alkyl halides is 1. The molecule has 1 aliphatic heterocycles. The van der Waals surface area contributed by atoms with E-state index in [1.165, 1.54) is 0 Å². The molecule has 1 aromatic rings. The van der Waals surface area contributed by atoms with Crippen LogP contribution < -0.4 is 11.2 Å². The molecule has 2 heterocycles. The van der Waals surface area contributed by atoms with E-state index in [0.717, 1.165) is 12.3 Å². The molecule has 0 radical (unpaired) electrons. The van der Waals surface area contributed by atoms with Gasteiger partial charge in [-0.15, -0.1) is 5.73 Å². The molecular weight excluding hydrogens is 524 g/mol. The summed E-state index contributed by atoms with van der Waals surface area (Å²) in [7, 11) is -17.4. The fourth-order valence-electron chi connectivity index (χ4n) is 2.62. The normalized spacial score (nSPS) is 31.4. The number of hydrogen-bond acceptors (Lipinski definition) is 11. The van der Waals surface area contributed by atoms with Crippen LogP contribution in [0.25, 0.3) is 0 Å². The fraction of sp³-hybridized carbons (Fsp3) is 0.417. The molecule has 0 spiro atoms. The van der Waals surface area contributed by atoms with E-state index in [0.29, 0.717) is 10.6 Å². The molecule has 186 valence electrons. The Hall–Kier alpha value is -1.58. The zero-order valence-electron chi connectivity index (χ0n) is 15.8. The van der Waals surface area contributed by atoms with Crippen molar-refractivity contribution in [3.8, 4) is 0 Å². The van der Waals surface area contributed by atoms with Crippen molar-refractivity contribution in [2.75, 3.05) is 6.61 Å². The van der Waals surface area contributed by atoms with Crippen LogP contribution in [-0.4, -0.2) is 63.5 Å². The Bertz CT molecular complexity index is 1220. The number of aromatic nitrogens is 2. The quantitative estimate of drug-likeness (QED) is 0.139. The first kappa shape index (κ1) is 27.7. The van der Waals surface area contributed by atoms with Gasteiger partial charge in [0.1, 0.15) is 6.61 Å². The summed E-state index contributed by atoms with van der Waals surface area (Å²) in [4.78, 5) is 60.5. The Morgan fingerprint density at radius 3 is 2.36 bits per heavy atom. The predicted octanol–water partition coefficient (Wildman–Crippen LogP) is -1.49. The molecule has 33 heavy (non-hydrogen) atoms. The summed E-state index contributed by atoms with van der Waals surface area (Å²) in [5, 5.41) is 21.0. The number of halogens is 1. The third-order valence-corrected chi connectivity index (χ3v) is 7.61. The molecule has 1 aromatic heterocycles. The van der Waals surface area contributed by atoms with Crippen molar-refractivity contribution in [2.45, 2.75) is 23.8 Å². The average molecular weight is 540 g/mol. The minimum atomic E-state index is -5.92. The molecule has 6 atom stereocenters. The number of ether oxygens (including phenoxy) is 1. The van der Waals surface area contributed by atoms with Gasteiger partial charge in [0.25, 0.3) is 11.4 Å². The number of phosphoric ester groups is 1. The summed E-state index contributed by atoms with van der Waals surface area (Å²) in [5.74, 6) is -3.63. The molecule has 1 fully saturated rings. The van der Waals surface area contributed by atoms with Crippen LogP contribution >= 0.6 is 23.5 Å². The highest BCUT2D eigenvalue weighted by atomic mass is 31.3. The summed E-state index contributed by atoms with van der Waals surface area (Å²) < 4.78 is 65.3. The minimum absolute atomic E-state index is 0.435. The van der Waals surface area contributed by atoms with Crippen LogP contribution in [0.4, 0.5) is 4.39 Å². The maximum absolute atomic E-state index is 15.3. The number of aromatic amines is 1. The van der Waals surface area contributed by atoms with Gasteiger partial charge < -0.3 is 34.5 Å². The Morgan fingerprint density at radius 2 is 1.85 bits per heavy atom. The van der Waals surface area contributed by atoms with E-state index in [1.807, 2.05) is 5.73 Å². The smallest absolute Gasteiger partial charge is 0.383 e. The zero-order chi connectivity index (χ0) is 25.5. The van der Waals surface area contributed by atoms with Crippen molar-refractivity contribution in [3.63, 3.8) is 0 Å². The molecule has 7 N–H and O–H groups in total. The molecule has 1 aliphatic rings. The standard InChI is InChI=1S/C12H16FN2O15P3/c1-2-4-11(19)8(17)12(13,28-9(11)15-5-3-7(16)14-10(15)18)6-27-32(23,24)30-33(25,26)29-31(20,21)22/h3-5,8-9,17,19H,1,6H2,(H,23,24)(H,25,26)(H,14,16,18)(H2,20,21,22)/t8-,9+,11+,12+/m0/s1. The van der Waals surface area contributed by atoms with Gasteiger partial charge in [-0.3, -0.25) is 18.9 Å². The highest BCUT2D eigenvalue weighted by Gasteiger charge is 2.65. The zero-order valence-corrected chi connectivity index (χ0v) is 18.5. The Labute approximate surface area is 181 Å². The average Bonchev–Trinajstić information content (AvgIpc) is 2.80. The molecule has 0 saturated carbocycles. The second-order valence-electron chi connectivity index (χ2n) is 6.28. The Balaban J connectivity index is 2.33. The van der Waals surface area contributed by atoms with Crippen LogP contribution in [0.15, 0.2) is 40.2 Å². The van der Waals surface area contributed by atoms with E-state index in [-0.39, 0.29) is 0 Å². The maximum atomic E-state index is 15.3. The van der Waals surface area contributed by atoms with Gasteiger partial charge >= 0.3 is 29.2 Å². The van der Waals surface area contributed by atoms with Crippen molar-refractivity contribution in [3.05, 3.63) is 51.5 Å². The van der Waals surface area contributed by atoms with Crippen molar-refractivity contribution < 1.29 is 65.8 Å². The number of aliphatic hydroxyl groups excluding tert-OH is 1. The van der Waals surface area contributed by atoms with Gasteiger partial charge in [0.2, 0.25) is 0 Å². The molecule has 0 bridgehead atoms.